The van der Waals surface area contributed by atoms with Crippen molar-refractivity contribution in [1.82, 2.24) is 0 Å². The molecule has 0 heterocycles. The van der Waals surface area contributed by atoms with E-state index in [0.717, 1.165) is 6.54 Å². The van der Waals surface area contributed by atoms with Crippen molar-refractivity contribution < 1.29 is 5.11 Å². The van der Waals surface area contributed by atoms with E-state index in [4.69, 9.17) is 0 Å². The molecule has 2 heteroatoms. The van der Waals surface area contributed by atoms with E-state index in [1.165, 1.54) is 16.8 Å². The van der Waals surface area contributed by atoms with Crippen LogP contribution in [0.1, 0.15) is 18.1 Å². The molecule has 20 heavy (non-hydrogen) atoms. The van der Waals surface area contributed by atoms with Crippen LogP contribution in [0.4, 0.5) is 5.69 Å². The first kappa shape index (κ1) is 14.6. The van der Waals surface area contributed by atoms with Crippen molar-refractivity contribution in [3.63, 3.8) is 0 Å². The number of rotatable bonds is 5. The summed E-state index contributed by atoms with van der Waals surface area (Å²) in [6.07, 6.45) is 0. The Labute approximate surface area is 121 Å². The molecule has 0 aliphatic heterocycles. The number of hydrogen-bond donors (Lipinski definition) is 1. The molecule has 0 aliphatic rings. The summed E-state index contributed by atoms with van der Waals surface area (Å²) in [5, 5.41) is 9.86. The lowest BCUT2D eigenvalue weighted by Crippen LogP contribution is -2.39. The predicted octanol–water partition coefficient (Wildman–Crippen LogP) is 3.38. The number of nitrogens with zero attached hydrogens (tertiary/aromatic N) is 1. The monoisotopic (exact) mass is 269 g/mol. The van der Waals surface area contributed by atoms with Crippen molar-refractivity contribution in [2.45, 2.75) is 19.3 Å². The summed E-state index contributed by atoms with van der Waals surface area (Å²) in [6.45, 7) is 5.11. The van der Waals surface area contributed by atoms with E-state index in [9.17, 15) is 5.11 Å². The highest BCUT2D eigenvalue weighted by molar-refractivity contribution is 5.48. The molecule has 0 fully saturated rings. The third-order valence-electron chi connectivity index (χ3n) is 3.85. The Balaban J connectivity index is 2.22. The third kappa shape index (κ3) is 3.20. The molecular formula is C18H23NO. The van der Waals surface area contributed by atoms with Gasteiger partial charge < -0.3 is 10.0 Å². The van der Waals surface area contributed by atoms with Crippen LogP contribution in [0.2, 0.25) is 0 Å². The molecule has 1 unspecified atom stereocenters. The number of likely N-dealkylation sites (N-methyl/N-ethyl adjacent to an activating group) is 1. The Hall–Kier alpha value is -1.80. The maximum Gasteiger partial charge on any atom is 0.0542 e. The molecule has 106 valence electrons. The second kappa shape index (κ2) is 6.10. The van der Waals surface area contributed by atoms with Crippen LogP contribution in [0, 0.1) is 6.92 Å². The molecule has 2 aromatic rings. The highest BCUT2D eigenvalue weighted by Gasteiger charge is 2.27. The lowest BCUT2D eigenvalue weighted by Gasteiger charge is -2.34. The fraction of sp³-hybridized carbons (Fsp3) is 0.333. The van der Waals surface area contributed by atoms with Crippen LogP contribution in [0.25, 0.3) is 0 Å². The molecule has 0 bridgehead atoms. The maximum absolute atomic E-state index is 9.86. The van der Waals surface area contributed by atoms with Gasteiger partial charge in [-0.25, -0.2) is 0 Å². The molecule has 0 aliphatic carbocycles. The molecule has 0 spiro atoms. The van der Waals surface area contributed by atoms with E-state index < -0.39 is 0 Å². The summed E-state index contributed by atoms with van der Waals surface area (Å²) < 4.78 is 0. The predicted molar refractivity (Wildman–Crippen MR) is 85.3 cm³/mol. The first-order valence-corrected chi connectivity index (χ1v) is 6.99. The average molecular weight is 269 g/mol. The zero-order valence-electron chi connectivity index (χ0n) is 12.5. The van der Waals surface area contributed by atoms with Crippen LogP contribution < -0.4 is 4.90 Å². The summed E-state index contributed by atoms with van der Waals surface area (Å²) >= 11 is 0. The van der Waals surface area contributed by atoms with Crippen molar-refractivity contribution >= 4 is 5.69 Å². The molecular weight excluding hydrogens is 246 g/mol. The summed E-state index contributed by atoms with van der Waals surface area (Å²) in [5.74, 6) is 0. The number of aliphatic hydroxyl groups excluding tert-OH is 1. The highest BCUT2D eigenvalue weighted by atomic mass is 16.3. The molecule has 0 radical (unpaired) electrons. The SMILES string of the molecule is Cc1cccc(N(C)CC(C)(CO)c2ccccc2)c1. The van der Waals surface area contributed by atoms with Gasteiger partial charge in [0.15, 0.2) is 0 Å². The first-order chi connectivity index (χ1) is 9.55. The standard InChI is InChI=1S/C18H23NO/c1-15-8-7-11-17(12-15)19(3)13-18(2,14-20)16-9-5-4-6-10-16/h4-12,20H,13-14H2,1-3H3. The summed E-state index contributed by atoms with van der Waals surface area (Å²) in [6, 6.07) is 18.7. The summed E-state index contributed by atoms with van der Waals surface area (Å²) in [5.41, 5.74) is 3.34. The number of aliphatic hydroxyl groups is 1. The van der Waals surface area contributed by atoms with Gasteiger partial charge in [0, 0.05) is 24.7 Å². The molecule has 2 nitrogen and oxygen atoms in total. The van der Waals surface area contributed by atoms with Gasteiger partial charge in [0.05, 0.1) is 6.61 Å². The molecule has 0 amide bonds. The molecule has 2 rings (SSSR count). The highest BCUT2D eigenvalue weighted by Crippen LogP contribution is 2.26. The number of anilines is 1. The van der Waals surface area contributed by atoms with Crippen molar-refractivity contribution in [3.8, 4) is 0 Å². The minimum Gasteiger partial charge on any atom is -0.395 e. The van der Waals surface area contributed by atoms with Gasteiger partial charge in [0.25, 0.3) is 0 Å². The van der Waals surface area contributed by atoms with Crippen LogP contribution in [-0.4, -0.2) is 25.3 Å². The van der Waals surface area contributed by atoms with Gasteiger partial charge in [-0.1, -0.05) is 49.4 Å². The number of benzene rings is 2. The van der Waals surface area contributed by atoms with E-state index >= 15 is 0 Å². The van der Waals surface area contributed by atoms with Gasteiger partial charge in [-0.3, -0.25) is 0 Å². The molecule has 0 saturated carbocycles. The first-order valence-electron chi connectivity index (χ1n) is 6.99. The van der Waals surface area contributed by atoms with Crippen LogP contribution in [0.5, 0.6) is 0 Å². The van der Waals surface area contributed by atoms with Gasteiger partial charge in [-0.2, -0.15) is 0 Å². The van der Waals surface area contributed by atoms with Crippen LogP contribution in [0.3, 0.4) is 0 Å². The molecule has 0 aromatic heterocycles. The number of aryl methyl sites for hydroxylation is 1. The average Bonchev–Trinajstić information content (AvgIpc) is 2.48. The molecule has 0 saturated heterocycles. The van der Waals surface area contributed by atoms with E-state index in [1.54, 1.807) is 0 Å². The Morgan fingerprint density at radius 3 is 2.35 bits per heavy atom. The molecule has 2 aromatic carbocycles. The largest absolute Gasteiger partial charge is 0.395 e. The van der Waals surface area contributed by atoms with Crippen LogP contribution in [-0.2, 0) is 5.41 Å². The Morgan fingerprint density at radius 1 is 1.05 bits per heavy atom. The molecule has 1 atom stereocenters. The summed E-state index contributed by atoms with van der Waals surface area (Å²) in [4.78, 5) is 2.20. The zero-order chi connectivity index (χ0) is 14.6. The van der Waals surface area contributed by atoms with Gasteiger partial charge in [-0.15, -0.1) is 0 Å². The van der Waals surface area contributed by atoms with E-state index in [-0.39, 0.29) is 12.0 Å². The molecule has 1 N–H and O–H groups in total. The topological polar surface area (TPSA) is 23.5 Å². The van der Waals surface area contributed by atoms with E-state index in [1.807, 2.05) is 18.2 Å². The smallest absolute Gasteiger partial charge is 0.0542 e. The third-order valence-corrected chi connectivity index (χ3v) is 3.85. The lowest BCUT2D eigenvalue weighted by atomic mass is 9.82. The zero-order valence-corrected chi connectivity index (χ0v) is 12.5. The van der Waals surface area contributed by atoms with Crippen molar-refractivity contribution in [1.29, 1.82) is 0 Å². The van der Waals surface area contributed by atoms with Gasteiger partial charge in [0.2, 0.25) is 0 Å². The van der Waals surface area contributed by atoms with E-state index in [0.29, 0.717) is 0 Å². The Bertz CT molecular complexity index is 552. The second-order valence-corrected chi connectivity index (χ2v) is 5.78. The van der Waals surface area contributed by atoms with Gasteiger partial charge >= 0.3 is 0 Å². The maximum atomic E-state index is 9.86. The van der Waals surface area contributed by atoms with Crippen molar-refractivity contribution in [2.75, 3.05) is 25.1 Å². The summed E-state index contributed by atoms with van der Waals surface area (Å²) in [7, 11) is 2.08. The minimum absolute atomic E-state index is 0.132. The van der Waals surface area contributed by atoms with Crippen molar-refractivity contribution in [3.05, 3.63) is 65.7 Å². The fourth-order valence-corrected chi connectivity index (χ4v) is 2.55. The van der Waals surface area contributed by atoms with Crippen molar-refractivity contribution in [2.24, 2.45) is 0 Å². The minimum atomic E-state index is -0.264. The lowest BCUT2D eigenvalue weighted by molar-refractivity contribution is 0.209. The quantitative estimate of drug-likeness (QED) is 0.899. The number of hydrogen-bond acceptors (Lipinski definition) is 2. The Kier molecular flexibility index (Phi) is 4.46. The van der Waals surface area contributed by atoms with E-state index in [2.05, 4.69) is 62.2 Å². The Morgan fingerprint density at radius 2 is 1.75 bits per heavy atom. The van der Waals surface area contributed by atoms with Gasteiger partial charge in [0.1, 0.15) is 0 Å². The fourth-order valence-electron chi connectivity index (χ4n) is 2.55. The van der Waals surface area contributed by atoms with Gasteiger partial charge in [-0.05, 0) is 30.2 Å². The normalized spacial score (nSPS) is 13.8. The van der Waals surface area contributed by atoms with Crippen LogP contribution in [0.15, 0.2) is 54.6 Å². The van der Waals surface area contributed by atoms with Crippen LogP contribution >= 0.6 is 0 Å². The second-order valence-electron chi connectivity index (χ2n) is 5.78.